The maximum absolute atomic E-state index is 14.1. The Balaban J connectivity index is 1.44. The van der Waals surface area contributed by atoms with Crippen molar-refractivity contribution >= 4 is 28.7 Å². The van der Waals surface area contributed by atoms with Crippen molar-refractivity contribution in [3.05, 3.63) is 86.4 Å². The quantitative estimate of drug-likeness (QED) is 0.478. The third-order valence-corrected chi connectivity index (χ3v) is 6.26. The Morgan fingerprint density at radius 1 is 1.21 bits per heavy atom. The molecular weight excluding hydrogens is 466 g/mol. The summed E-state index contributed by atoms with van der Waals surface area (Å²) in [4.78, 5) is 34.7. The maximum atomic E-state index is 14.1. The molecule has 8 nitrogen and oxygen atoms in total. The van der Waals surface area contributed by atoms with Crippen molar-refractivity contribution in [3.63, 3.8) is 0 Å². The molecule has 1 aliphatic rings. The van der Waals surface area contributed by atoms with Crippen LogP contribution in [-0.4, -0.2) is 48.9 Å². The molecule has 1 fully saturated rings. The third kappa shape index (κ3) is 4.16. The highest BCUT2D eigenvalue weighted by molar-refractivity contribution is 6.33. The van der Waals surface area contributed by atoms with Gasteiger partial charge in [0.15, 0.2) is 11.2 Å². The van der Waals surface area contributed by atoms with E-state index in [0.29, 0.717) is 29.5 Å². The summed E-state index contributed by atoms with van der Waals surface area (Å²) in [6, 6.07) is 10.1. The molecule has 4 aromatic rings. The van der Waals surface area contributed by atoms with Gasteiger partial charge in [-0.05, 0) is 31.0 Å². The number of hydrogen-bond donors (Lipinski definition) is 1. The molecule has 1 saturated heterocycles. The lowest BCUT2D eigenvalue weighted by atomic mass is 9.96. The molecule has 5 rings (SSSR count). The number of nitrogens with zero attached hydrogens (tertiary/aromatic N) is 5. The van der Waals surface area contributed by atoms with Crippen molar-refractivity contribution in [3.8, 4) is 0 Å². The van der Waals surface area contributed by atoms with Crippen molar-refractivity contribution in [2.24, 2.45) is 0 Å². The molecule has 0 radical (unpaired) electrons. The fraction of sp³-hybridized carbons (Fsp3) is 0.261. The number of hydrogen-bond acceptors (Lipinski definition) is 5. The fourth-order valence-electron chi connectivity index (χ4n) is 4.18. The number of aromatic nitrogens is 5. The normalized spacial score (nSPS) is 16.2. The molecule has 0 unspecified atom stereocenters. The van der Waals surface area contributed by atoms with Crippen LogP contribution in [0.15, 0.2) is 47.3 Å². The second-order valence-electron chi connectivity index (χ2n) is 8.18. The number of nitrogens with one attached hydrogen (secondary N) is 1. The molecule has 1 atom stereocenters. The molecule has 0 bridgehead atoms. The second kappa shape index (κ2) is 8.94. The molecular formula is C23H19ClF2N6O2. The van der Waals surface area contributed by atoms with E-state index in [1.54, 1.807) is 29.2 Å². The minimum absolute atomic E-state index is 0.0195. The van der Waals surface area contributed by atoms with Gasteiger partial charge in [-0.2, -0.15) is 0 Å². The van der Waals surface area contributed by atoms with Crippen LogP contribution in [0, 0.1) is 11.6 Å². The van der Waals surface area contributed by atoms with Gasteiger partial charge in [0.25, 0.3) is 11.5 Å². The first-order valence-corrected chi connectivity index (χ1v) is 11.1. The first kappa shape index (κ1) is 22.1. The summed E-state index contributed by atoms with van der Waals surface area (Å²) in [6.07, 6.45) is 1.44. The van der Waals surface area contributed by atoms with Crippen molar-refractivity contribution in [2.45, 2.75) is 25.3 Å². The number of H-pyrrole nitrogens is 1. The Morgan fingerprint density at radius 3 is 2.82 bits per heavy atom. The van der Waals surface area contributed by atoms with E-state index >= 15 is 0 Å². The first-order chi connectivity index (χ1) is 16.4. The Hall–Kier alpha value is -3.66. The van der Waals surface area contributed by atoms with E-state index in [4.69, 9.17) is 11.6 Å². The molecule has 0 spiro atoms. The van der Waals surface area contributed by atoms with Crippen molar-refractivity contribution in [1.82, 2.24) is 29.9 Å². The largest absolute Gasteiger partial charge is 0.338 e. The number of fused-ring (bicyclic) bond motifs is 1. The van der Waals surface area contributed by atoms with E-state index in [1.165, 1.54) is 10.7 Å². The van der Waals surface area contributed by atoms with Crippen LogP contribution < -0.4 is 5.56 Å². The average molecular weight is 485 g/mol. The Bertz CT molecular complexity index is 1450. The summed E-state index contributed by atoms with van der Waals surface area (Å²) in [6.45, 7) is 0.851. The van der Waals surface area contributed by atoms with Crippen LogP contribution in [0.5, 0.6) is 0 Å². The predicted octanol–water partition coefficient (Wildman–Crippen LogP) is 3.51. The number of aromatic amines is 1. The summed E-state index contributed by atoms with van der Waals surface area (Å²) in [5.41, 5.74) is 0.347. The minimum atomic E-state index is -0.727. The van der Waals surface area contributed by atoms with Crippen molar-refractivity contribution in [1.29, 1.82) is 0 Å². The number of carbonyl (C=O) groups is 1. The van der Waals surface area contributed by atoms with Crippen LogP contribution >= 0.6 is 11.6 Å². The fourth-order valence-corrected chi connectivity index (χ4v) is 4.40. The number of piperidine rings is 1. The number of likely N-dealkylation sites (tertiary alicyclic amines) is 1. The number of amides is 1. The summed E-state index contributed by atoms with van der Waals surface area (Å²) >= 11 is 6.20. The minimum Gasteiger partial charge on any atom is -0.338 e. The molecule has 2 aromatic carbocycles. The van der Waals surface area contributed by atoms with Gasteiger partial charge in [-0.25, -0.2) is 18.4 Å². The van der Waals surface area contributed by atoms with Crippen LogP contribution in [-0.2, 0) is 6.54 Å². The Kier molecular flexibility index (Phi) is 5.82. The van der Waals surface area contributed by atoms with Gasteiger partial charge < -0.3 is 9.88 Å². The molecule has 1 aliphatic heterocycles. The van der Waals surface area contributed by atoms with Crippen LogP contribution in [0.25, 0.3) is 11.2 Å². The van der Waals surface area contributed by atoms with Gasteiger partial charge in [-0.3, -0.25) is 9.59 Å². The van der Waals surface area contributed by atoms with Crippen LogP contribution in [0.1, 0.15) is 40.5 Å². The van der Waals surface area contributed by atoms with E-state index in [1.807, 2.05) is 0 Å². The zero-order valence-corrected chi connectivity index (χ0v) is 18.6. The van der Waals surface area contributed by atoms with Crippen LogP contribution in [0.4, 0.5) is 8.78 Å². The lowest BCUT2D eigenvalue weighted by Crippen LogP contribution is -2.40. The zero-order valence-electron chi connectivity index (χ0n) is 17.8. The van der Waals surface area contributed by atoms with E-state index in [9.17, 15) is 18.4 Å². The standard InChI is InChI=1S/C23H19ClF2N6O2/c24-17-6-2-1-5-16(17)23(34)31-9-3-4-14(11-31)20-27-21-19(22(33)28-20)29-30-32(21)12-13-7-8-15(25)10-18(13)26/h1-2,5-8,10,14H,3-4,9,11-12H2,(H,27,28,33)/t14-/m0/s1. The van der Waals surface area contributed by atoms with Gasteiger partial charge in [-0.1, -0.05) is 35.0 Å². The maximum Gasteiger partial charge on any atom is 0.281 e. The second-order valence-corrected chi connectivity index (χ2v) is 8.58. The van der Waals surface area contributed by atoms with Gasteiger partial charge in [0.2, 0.25) is 0 Å². The number of halogens is 3. The Morgan fingerprint density at radius 2 is 2.03 bits per heavy atom. The molecule has 1 N–H and O–H groups in total. The monoisotopic (exact) mass is 484 g/mol. The topological polar surface area (TPSA) is 96.8 Å². The zero-order chi connectivity index (χ0) is 23.8. The van der Waals surface area contributed by atoms with E-state index in [2.05, 4.69) is 20.3 Å². The summed E-state index contributed by atoms with van der Waals surface area (Å²) in [5, 5.41) is 8.19. The highest BCUT2D eigenvalue weighted by Gasteiger charge is 2.28. The molecule has 34 heavy (non-hydrogen) atoms. The molecule has 3 heterocycles. The SMILES string of the molecule is O=C(c1ccccc1Cl)N1CCC[C@H](c2nc3c(nnn3Cc3ccc(F)cc3F)c(=O)[nH]2)C1. The molecule has 0 aliphatic carbocycles. The molecule has 11 heteroatoms. The number of rotatable bonds is 4. The number of benzene rings is 2. The third-order valence-electron chi connectivity index (χ3n) is 5.93. The molecule has 174 valence electrons. The molecule has 1 amide bonds. The van der Waals surface area contributed by atoms with E-state index in [0.717, 1.165) is 25.0 Å². The van der Waals surface area contributed by atoms with Gasteiger partial charge in [0, 0.05) is 30.6 Å². The summed E-state index contributed by atoms with van der Waals surface area (Å²) < 4.78 is 28.7. The predicted molar refractivity (Wildman–Crippen MR) is 121 cm³/mol. The average Bonchev–Trinajstić information content (AvgIpc) is 3.24. The van der Waals surface area contributed by atoms with Gasteiger partial charge >= 0.3 is 0 Å². The van der Waals surface area contributed by atoms with E-state index in [-0.39, 0.29) is 35.1 Å². The first-order valence-electron chi connectivity index (χ1n) is 10.7. The Labute approximate surface area is 197 Å². The van der Waals surface area contributed by atoms with Gasteiger partial charge in [0.05, 0.1) is 17.1 Å². The van der Waals surface area contributed by atoms with Gasteiger partial charge in [0.1, 0.15) is 17.5 Å². The number of carbonyl (C=O) groups excluding carboxylic acids is 1. The lowest BCUT2D eigenvalue weighted by molar-refractivity contribution is 0.0704. The summed E-state index contributed by atoms with van der Waals surface area (Å²) in [7, 11) is 0. The van der Waals surface area contributed by atoms with Crippen LogP contribution in [0.3, 0.4) is 0 Å². The summed E-state index contributed by atoms with van der Waals surface area (Å²) in [5.74, 6) is -1.41. The highest BCUT2D eigenvalue weighted by Crippen LogP contribution is 2.27. The lowest BCUT2D eigenvalue weighted by Gasteiger charge is -2.32. The molecule has 2 aromatic heterocycles. The van der Waals surface area contributed by atoms with Gasteiger partial charge in [-0.15, -0.1) is 5.10 Å². The van der Waals surface area contributed by atoms with Crippen molar-refractivity contribution < 1.29 is 13.6 Å². The smallest absolute Gasteiger partial charge is 0.281 e. The van der Waals surface area contributed by atoms with Crippen LogP contribution in [0.2, 0.25) is 5.02 Å². The molecule has 0 saturated carbocycles. The van der Waals surface area contributed by atoms with Crippen molar-refractivity contribution in [2.75, 3.05) is 13.1 Å². The van der Waals surface area contributed by atoms with E-state index < -0.39 is 17.2 Å². The highest BCUT2D eigenvalue weighted by atomic mass is 35.5.